The van der Waals surface area contributed by atoms with Crippen molar-refractivity contribution >= 4 is 34.8 Å². The minimum Gasteiger partial charge on any atom is -0.482 e. The van der Waals surface area contributed by atoms with Crippen LogP contribution in [-0.4, -0.2) is 47.9 Å². The van der Waals surface area contributed by atoms with Gasteiger partial charge < -0.3 is 14.2 Å². The number of rotatable bonds is 7. The Kier molecular flexibility index (Phi) is 7.17. The Hall–Kier alpha value is -4.10. The van der Waals surface area contributed by atoms with Crippen LogP contribution in [-0.2, 0) is 14.3 Å². The largest absolute Gasteiger partial charge is 0.482 e. The molecule has 0 saturated carbocycles. The van der Waals surface area contributed by atoms with Gasteiger partial charge in [-0.15, -0.1) is 0 Å². The van der Waals surface area contributed by atoms with Crippen LogP contribution in [0.4, 0.5) is 0 Å². The first kappa shape index (κ1) is 24.0. The molecule has 0 saturated heterocycles. The van der Waals surface area contributed by atoms with Gasteiger partial charge in [-0.2, -0.15) is 0 Å². The zero-order chi connectivity index (χ0) is 24.9. The van der Waals surface area contributed by atoms with Crippen LogP contribution in [0.15, 0.2) is 78.4 Å². The van der Waals surface area contributed by atoms with Crippen molar-refractivity contribution < 1.29 is 33.7 Å². The molecule has 0 bridgehead atoms. The number of ether oxygens (including phenoxy) is 3. The highest BCUT2D eigenvalue weighted by Gasteiger charge is 2.40. The molecule has 1 N–H and O–H groups in total. The van der Waals surface area contributed by atoms with E-state index in [1.165, 1.54) is 7.05 Å². The van der Waals surface area contributed by atoms with E-state index in [-0.39, 0.29) is 30.2 Å². The summed E-state index contributed by atoms with van der Waals surface area (Å²) in [5.74, 6) is -0.453. The van der Waals surface area contributed by atoms with Crippen molar-refractivity contribution in [1.82, 2.24) is 0 Å². The molecule has 0 spiro atoms. The summed E-state index contributed by atoms with van der Waals surface area (Å²) >= 11 is 5.86. The molecule has 4 rings (SSSR count). The predicted octanol–water partition coefficient (Wildman–Crippen LogP) is 4.52. The molecule has 0 heterocycles. The van der Waals surface area contributed by atoms with Gasteiger partial charge in [-0.05, 0) is 65.3 Å². The summed E-state index contributed by atoms with van der Waals surface area (Å²) in [6.45, 7) is 1.59. The van der Waals surface area contributed by atoms with E-state index in [0.717, 1.165) is 10.3 Å². The van der Waals surface area contributed by atoms with Crippen LogP contribution >= 0.6 is 11.6 Å². The SMILES string of the molecule is CCOC(=O)C1=C(c2ccccc2)c2ccc(OC(=O)COc3ccc(Cl)cc3)cc2C1=[N+](C)O. The van der Waals surface area contributed by atoms with Crippen molar-refractivity contribution in [2.45, 2.75) is 6.92 Å². The first-order chi connectivity index (χ1) is 16.9. The molecule has 7 nitrogen and oxygen atoms in total. The lowest BCUT2D eigenvalue weighted by Crippen LogP contribution is -2.22. The van der Waals surface area contributed by atoms with Crippen molar-refractivity contribution in [2.75, 3.05) is 20.3 Å². The molecule has 8 heteroatoms. The Balaban J connectivity index is 1.65. The number of benzene rings is 3. The monoisotopic (exact) mass is 492 g/mol. The number of esters is 2. The minimum atomic E-state index is -0.612. The summed E-state index contributed by atoms with van der Waals surface area (Å²) in [5.41, 5.74) is 3.13. The predicted molar refractivity (Wildman–Crippen MR) is 130 cm³/mol. The van der Waals surface area contributed by atoms with Gasteiger partial charge in [0.25, 0.3) is 5.71 Å². The second kappa shape index (κ2) is 10.4. The summed E-state index contributed by atoms with van der Waals surface area (Å²) in [6.07, 6.45) is 0. The van der Waals surface area contributed by atoms with E-state index in [4.69, 9.17) is 25.8 Å². The van der Waals surface area contributed by atoms with E-state index in [1.54, 1.807) is 49.4 Å². The van der Waals surface area contributed by atoms with Crippen LogP contribution in [0.5, 0.6) is 11.5 Å². The van der Waals surface area contributed by atoms with Crippen LogP contribution in [0.1, 0.15) is 23.6 Å². The van der Waals surface area contributed by atoms with Crippen LogP contribution in [0.25, 0.3) is 5.57 Å². The molecule has 178 valence electrons. The van der Waals surface area contributed by atoms with Gasteiger partial charge in [-0.25, -0.2) is 9.59 Å². The minimum absolute atomic E-state index is 0.180. The summed E-state index contributed by atoms with van der Waals surface area (Å²) in [6, 6.07) is 20.9. The second-order valence-corrected chi connectivity index (χ2v) is 8.07. The fraction of sp³-hybridized carbons (Fsp3) is 0.148. The van der Waals surface area contributed by atoms with E-state index in [9.17, 15) is 14.8 Å². The molecule has 1 aliphatic rings. The van der Waals surface area contributed by atoms with E-state index in [1.807, 2.05) is 30.3 Å². The van der Waals surface area contributed by atoms with Crippen LogP contribution in [0, 0.1) is 0 Å². The van der Waals surface area contributed by atoms with Crippen molar-refractivity contribution in [3.63, 3.8) is 0 Å². The molecular formula is C27H23ClNO6+. The quantitative estimate of drug-likeness (QED) is 0.171. The zero-order valence-corrected chi connectivity index (χ0v) is 19.9. The lowest BCUT2D eigenvalue weighted by Gasteiger charge is -2.09. The Morgan fingerprint density at radius 2 is 1.63 bits per heavy atom. The van der Waals surface area contributed by atoms with Gasteiger partial charge in [-0.1, -0.05) is 41.9 Å². The summed E-state index contributed by atoms with van der Waals surface area (Å²) in [5, 5.41) is 11.0. The molecule has 0 atom stereocenters. The van der Waals surface area contributed by atoms with Crippen LogP contribution < -0.4 is 9.47 Å². The number of fused-ring (bicyclic) bond motifs is 1. The number of halogens is 1. The van der Waals surface area contributed by atoms with Gasteiger partial charge in [0.05, 0.1) is 12.2 Å². The first-order valence-corrected chi connectivity index (χ1v) is 11.3. The fourth-order valence-electron chi connectivity index (χ4n) is 3.87. The highest BCUT2D eigenvalue weighted by Crippen LogP contribution is 2.40. The molecule has 35 heavy (non-hydrogen) atoms. The molecular weight excluding hydrogens is 470 g/mol. The number of carbonyl (C=O) groups excluding carboxylic acids is 2. The Morgan fingerprint density at radius 3 is 2.29 bits per heavy atom. The maximum atomic E-state index is 13.0. The molecule has 0 amide bonds. The normalized spacial score (nSPS) is 13.8. The Labute approximate surface area is 207 Å². The van der Waals surface area contributed by atoms with Gasteiger partial charge in [-0.3, -0.25) is 5.21 Å². The summed E-state index contributed by atoms with van der Waals surface area (Å²) in [7, 11) is 1.42. The number of hydroxylamine groups is 1. The number of carbonyl (C=O) groups is 2. The third-order valence-electron chi connectivity index (χ3n) is 5.27. The molecule has 0 aliphatic heterocycles. The maximum absolute atomic E-state index is 13.0. The lowest BCUT2D eigenvalue weighted by atomic mass is 9.97. The van der Waals surface area contributed by atoms with Crippen molar-refractivity contribution in [1.29, 1.82) is 0 Å². The van der Waals surface area contributed by atoms with Gasteiger partial charge in [0.15, 0.2) is 13.7 Å². The third kappa shape index (κ3) is 5.20. The first-order valence-electron chi connectivity index (χ1n) is 10.9. The average molecular weight is 493 g/mol. The van der Waals surface area contributed by atoms with Crippen molar-refractivity contribution in [3.05, 3.63) is 100 Å². The lowest BCUT2D eigenvalue weighted by molar-refractivity contribution is -0.753. The third-order valence-corrected chi connectivity index (χ3v) is 5.52. The van der Waals surface area contributed by atoms with E-state index >= 15 is 0 Å². The summed E-state index contributed by atoms with van der Waals surface area (Å²) < 4.78 is 17.1. The van der Waals surface area contributed by atoms with E-state index in [0.29, 0.717) is 27.5 Å². The maximum Gasteiger partial charge on any atom is 0.349 e. The average Bonchev–Trinajstić information content (AvgIpc) is 3.19. The Morgan fingerprint density at radius 1 is 0.943 bits per heavy atom. The molecule has 3 aromatic rings. The topological polar surface area (TPSA) is 85.1 Å². The molecule has 0 fully saturated rings. The molecule has 3 aromatic carbocycles. The number of hydrogen-bond donors (Lipinski definition) is 1. The van der Waals surface area contributed by atoms with Crippen LogP contribution in [0.3, 0.4) is 0 Å². The summed E-state index contributed by atoms with van der Waals surface area (Å²) in [4.78, 5) is 25.4. The number of hydrogen-bond acceptors (Lipinski definition) is 6. The van der Waals surface area contributed by atoms with Crippen molar-refractivity contribution in [3.8, 4) is 11.5 Å². The van der Waals surface area contributed by atoms with Gasteiger partial charge in [0.1, 0.15) is 17.1 Å². The second-order valence-electron chi connectivity index (χ2n) is 7.63. The van der Waals surface area contributed by atoms with E-state index < -0.39 is 11.9 Å². The van der Waals surface area contributed by atoms with Gasteiger partial charge in [0.2, 0.25) is 0 Å². The molecule has 0 radical (unpaired) electrons. The fourth-order valence-corrected chi connectivity index (χ4v) is 3.99. The van der Waals surface area contributed by atoms with Gasteiger partial charge in [0, 0.05) is 10.6 Å². The highest BCUT2D eigenvalue weighted by molar-refractivity contribution is 6.35. The van der Waals surface area contributed by atoms with Gasteiger partial charge >= 0.3 is 11.9 Å². The zero-order valence-electron chi connectivity index (χ0n) is 19.2. The smallest absolute Gasteiger partial charge is 0.349 e. The van der Waals surface area contributed by atoms with Crippen LogP contribution in [0.2, 0.25) is 5.02 Å². The highest BCUT2D eigenvalue weighted by atomic mass is 35.5. The molecule has 1 aliphatic carbocycles. The molecule has 0 aromatic heterocycles. The van der Waals surface area contributed by atoms with E-state index in [2.05, 4.69) is 0 Å². The number of nitrogens with zero attached hydrogens (tertiary/aromatic N) is 1. The van der Waals surface area contributed by atoms with Crippen molar-refractivity contribution in [2.24, 2.45) is 0 Å². The molecule has 0 unspecified atom stereocenters. The standard InChI is InChI=1S/C27H23ClNO6/c1-3-33-27(31)25-24(17-7-5-4-6-8-17)21-14-13-20(15-22(21)26(25)29(2)32)35-23(30)16-34-19-11-9-18(28)10-12-19/h4-15,32H,3,16H2,1-2H3/q+1. The Bertz CT molecular complexity index is 1330.